The average Bonchev–Trinajstić information content (AvgIpc) is 3.64. The lowest BCUT2D eigenvalue weighted by atomic mass is 9.95. The van der Waals surface area contributed by atoms with Crippen molar-refractivity contribution in [1.82, 2.24) is 9.97 Å². The molecule has 0 spiro atoms. The first-order valence-electron chi connectivity index (χ1n) is 12.5. The molecule has 13 heteroatoms. The van der Waals surface area contributed by atoms with E-state index in [2.05, 4.69) is 15.3 Å². The van der Waals surface area contributed by atoms with Crippen molar-refractivity contribution >= 4 is 29.1 Å². The fourth-order valence-electron chi connectivity index (χ4n) is 4.96. The summed E-state index contributed by atoms with van der Waals surface area (Å²) in [7, 11) is 0. The number of rotatable bonds is 9. The Kier molecular flexibility index (Phi) is 7.14. The number of anilines is 3. The predicted molar refractivity (Wildman–Crippen MR) is 130 cm³/mol. The summed E-state index contributed by atoms with van der Waals surface area (Å²) in [6.07, 6.45) is -3.20. The molecular weight excluding hydrogens is 507 g/mol. The van der Waals surface area contributed by atoms with Crippen molar-refractivity contribution < 1.29 is 37.7 Å². The quantitative estimate of drug-likeness (QED) is 0.418. The molecule has 0 radical (unpaired) electrons. The van der Waals surface area contributed by atoms with Gasteiger partial charge in [-0.2, -0.15) is 13.2 Å². The van der Waals surface area contributed by atoms with Gasteiger partial charge in [0.25, 0.3) is 0 Å². The first-order valence-corrected chi connectivity index (χ1v) is 12.5. The number of carbonyl (C=O) groups is 2. The Balaban J connectivity index is 1.36. The minimum absolute atomic E-state index is 0.102. The number of hydrogen-bond acceptors (Lipinski definition) is 8. The van der Waals surface area contributed by atoms with Gasteiger partial charge < -0.3 is 19.8 Å². The highest BCUT2D eigenvalue weighted by atomic mass is 19.4. The average molecular weight is 536 g/mol. The summed E-state index contributed by atoms with van der Waals surface area (Å²) < 4.78 is 45.9. The monoisotopic (exact) mass is 535 g/mol. The van der Waals surface area contributed by atoms with Crippen LogP contribution in [0.3, 0.4) is 0 Å². The van der Waals surface area contributed by atoms with Crippen LogP contribution in [0.5, 0.6) is 5.75 Å². The molecule has 0 aromatic carbocycles. The highest BCUT2D eigenvalue weighted by Crippen LogP contribution is 2.47. The second-order valence-electron chi connectivity index (χ2n) is 9.86. The van der Waals surface area contributed by atoms with Crippen LogP contribution in [0.4, 0.5) is 35.3 Å². The molecule has 3 aliphatic rings. The Hall–Kier alpha value is -3.45. The lowest BCUT2D eigenvalue weighted by Gasteiger charge is -2.35. The third-order valence-electron chi connectivity index (χ3n) is 7.09. The third-order valence-corrected chi connectivity index (χ3v) is 7.09. The highest BCUT2D eigenvalue weighted by Gasteiger charge is 2.49. The maximum absolute atomic E-state index is 13.5. The lowest BCUT2D eigenvalue weighted by molar-refractivity contribution is -0.179. The van der Waals surface area contributed by atoms with Gasteiger partial charge in [0.15, 0.2) is 11.6 Å². The number of nitrogens with zero attached hydrogens (tertiary/aromatic N) is 4. The number of aliphatic hydroxyl groups is 2. The summed E-state index contributed by atoms with van der Waals surface area (Å²) in [5, 5.41) is 21.1. The van der Waals surface area contributed by atoms with Gasteiger partial charge in [-0.15, -0.1) is 0 Å². The van der Waals surface area contributed by atoms with E-state index in [9.17, 15) is 27.9 Å². The van der Waals surface area contributed by atoms with E-state index in [0.29, 0.717) is 43.8 Å². The van der Waals surface area contributed by atoms with Crippen molar-refractivity contribution in [2.75, 3.05) is 41.4 Å². The van der Waals surface area contributed by atoms with Crippen LogP contribution in [0.2, 0.25) is 0 Å². The fraction of sp³-hybridized carbons (Fsp3) is 0.520. The van der Waals surface area contributed by atoms with Gasteiger partial charge in [0.2, 0.25) is 0 Å². The van der Waals surface area contributed by atoms with Crippen molar-refractivity contribution in [3.63, 3.8) is 0 Å². The van der Waals surface area contributed by atoms with Gasteiger partial charge in [0.05, 0.1) is 24.3 Å². The number of ether oxygens (including phenoxy) is 1. The SMILES string of the molecule is O=C(C[C@H](C1CC1)C(F)(F)F)c1ccc2c(n1)N(C(=O)Nc1cc(OC[C@H](O)CO)ccn1)[C@H]1CCN2C1. The van der Waals surface area contributed by atoms with Crippen LogP contribution in [0.1, 0.15) is 36.2 Å². The molecular formula is C25H28F3N5O5. The number of alkyl halides is 3. The summed E-state index contributed by atoms with van der Waals surface area (Å²) in [5.74, 6) is -2.22. The summed E-state index contributed by atoms with van der Waals surface area (Å²) in [4.78, 5) is 38.3. The van der Waals surface area contributed by atoms with Gasteiger partial charge >= 0.3 is 12.2 Å². The Morgan fingerprint density at radius 2 is 2.00 bits per heavy atom. The first kappa shape index (κ1) is 26.2. The Morgan fingerprint density at radius 3 is 2.71 bits per heavy atom. The van der Waals surface area contributed by atoms with E-state index in [1.807, 2.05) is 4.90 Å². The Morgan fingerprint density at radius 1 is 1.21 bits per heavy atom. The van der Waals surface area contributed by atoms with Crippen LogP contribution in [0.15, 0.2) is 30.5 Å². The van der Waals surface area contributed by atoms with Crippen molar-refractivity contribution in [1.29, 1.82) is 0 Å². The van der Waals surface area contributed by atoms with Crippen LogP contribution in [0.25, 0.3) is 0 Å². The molecule has 3 atom stereocenters. The molecule has 2 amide bonds. The zero-order chi connectivity index (χ0) is 27.0. The van der Waals surface area contributed by atoms with E-state index in [1.54, 1.807) is 6.07 Å². The standard InChI is InChI=1S/C25H28F3N5O5/c26-25(27,28)18(14-1-2-14)10-21(36)19-3-4-20-23(30-19)33(15-6-8-32(20)11-15)24(37)31-22-9-17(5-7-29-22)38-13-16(35)12-34/h3-5,7,9,14-16,18,34-35H,1-2,6,8,10-13H2,(H,29,31,37)/t15-,16+,18+/m0/s1. The smallest absolute Gasteiger partial charge is 0.392 e. The van der Waals surface area contributed by atoms with Crippen molar-refractivity contribution in [2.24, 2.45) is 11.8 Å². The molecule has 2 aromatic rings. The molecule has 10 nitrogen and oxygen atoms in total. The molecule has 5 rings (SSSR count). The van der Waals surface area contributed by atoms with Crippen molar-refractivity contribution in [3.05, 3.63) is 36.2 Å². The maximum Gasteiger partial charge on any atom is 0.392 e. The summed E-state index contributed by atoms with van der Waals surface area (Å²) in [6.45, 7) is 0.615. The zero-order valence-corrected chi connectivity index (χ0v) is 20.4. The molecule has 3 N–H and O–H groups in total. The molecule has 1 saturated carbocycles. The number of halogens is 3. The molecule has 2 fully saturated rings. The molecule has 2 aliphatic heterocycles. The normalized spacial score (nSPS) is 20.1. The molecule has 2 bridgehead atoms. The van der Waals surface area contributed by atoms with Gasteiger partial charge in [0.1, 0.15) is 30.0 Å². The van der Waals surface area contributed by atoms with E-state index in [4.69, 9.17) is 9.84 Å². The number of hydrogen-bond donors (Lipinski definition) is 3. The minimum Gasteiger partial charge on any atom is -0.491 e. The number of urea groups is 1. The number of aliphatic hydroxyl groups excluding tert-OH is 2. The lowest BCUT2D eigenvalue weighted by Crippen LogP contribution is -2.48. The fourth-order valence-corrected chi connectivity index (χ4v) is 4.96. The van der Waals surface area contributed by atoms with Crippen molar-refractivity contribution in [3.8, 4) is 5.75 Å². The van der Waals surface area contributed by atoms with Gasteiger partial charge in [-0.3, -0.25) is 15.0 Å². The van der Waals surface area contributed by atoms with E-state index in [1.165, 1.54) is 29.3 Å². The summed E-state index contributed by atoms with van der Waals surface area (Å²) >= 11 is 0. The Bertz CT molecular complexity index is 1210. The second kappa shape index (κ2) is 10.4. The molecule has 0 unspecified atom stereocenters. The van der Waals surface area contributed by atoms with E-state index >= 15 is 0 Å². The summed E-state index contributed by atoms with van der Waals surface area (Å²) in [5.41, 5.74) is 0.526. The molecule has 38 heavy (non-hydrogen) atoms. The van der Waals surface area contributed by atoms with Gasteiger partial charge in [-0.25, -0.2) is 14.8 Å². The largest absolute Gasteiger partial charge is 0.491 e. The topological polar surface area (TPSA) is 128 Å². The summed E-state index contributed by atoms with van der Waals surface area (Å²) in [6, 6.07) is 5.25. The van der Waals surface area contributed by atoms with Crippen LogP contribution < -0.4 is 19.9 Å². The van der Waals surface area contributed by atoms with E-state index in [-0.39, 0.29) is 30.0 Å². The number of aromatic nitrogens is 2. The number of carbonyl (C=O) groups excluding carboxylic acids is 2. The van der Waals surface area contributed by atoms with E-state index < -0.39 is 49.0 Å². The van der Waals surface area contributed by atoms with Crippen LogP contribution >= 0.6 is 0 Å². The number of Topliss-reactive ketones (excluding diaryl/α,β-unsaturated/α-hetero) is 1. The number of pyridine rings is 2. The third kappa shape index (κ3) is 5.53. The molecule has 1 saturated heterocycles. The number of fused-ring (bicyclic) bond motifs is 4. The van der Waals surface area contributed by atoms with Crippen molar-refractivity contribution in [2.45, 2.75) is 44.0 Å². The molecule has 204 valence electrons. The molecule has 4 heterocycles. The minimum atomic E-state index is -4.46. The first-order chi connectivity index (χ1) is 18.1. The van der Waals surface area contributed by atoms with Gasteiger partial charge in [0, 0.05) is 31.8 Å². The Labute approximate surface area is 216 Å². The zero-order valence-electron chi connectivity index (χ0n) is 20.4. The van der Waals surface area contributed by atoms with Gasteiger partial charge in [-0.1, -0.05) is 0 Å². The van der Waals surface area contributed by atoms with Gasteiger partial charge in [-0.05, 0) is 43.4 Å². The molecule has 1 aliphatic carbocycles. The number of ketones is 1. The number of nitrogens with one attached hydrogen (secondary N) is 1. The van der Waals surface area contributed by atoms with Crippen LogP contribution in [-0.2, 0) is 0 Å². The molecule has 2 aromatic heterocycles. The number of amides is 2. The maximum atomic E-state index is 13.5. The highest BCUT2D eigenvalue weighted by molar-refractivity contribution is 6.05. The second-order valence-corrected chi connectivity index (χ2v) is 9.86. The van der Waals surface area contributed by atoms with E-state index in [0.717, 1.165) is 0 Å². The van der Waals surface area contributed by atoms with Crippen LogP contribution in [0, 0.1) is 11.8 Å². The van der Waals surface area contributed by atoms with Crippen LogP contribution in [-0.4, -0.2) is 76.6 Å². The predicted octanol–water partition coefficient (Wildman–Crippen LogP) is 3.00.